The molecule has 0 saturated carbocycles. The van der Waals surface area contributed by atoms with E-state index in [0.717, 1.165) is 16.9 Å². The molecule has 1 atom stereocenters. The van der Waals surface area contributed by atoms with Gasteiger partial charge in [-0.25, -0.2) is 4.98 Å². The summed E-state index contributed by atoms with van der Waals surface area (Å²) in [6, 6.07) is 15.4. The number of hydrogen-bond donors (Lipinski definition) is 2. The zero-order chi connectivity index (χ0) is 20.8. The summed E-state index contributed by atoms with van der Waals surface area (Å²) >= 11 is 7.22. The first-order valence-electron chi connectivity index (χ1n) is 8.81. The molecule has 1 unspecified atom stereocenters. The fourth-order valence-electron chi connectivity index (χ4n) is 2.67. The van der Waals surface area contributed by atoms with Crippen LogP contribution in [-0.2, 0) is 4.79 Å². The zero-order valence-electron chi connectivity index (χ0n) is 15.5. The number of halogens is 1. The molecule has 0 radical (unpaired) electrons. The Balaban J connectivity index is 1.75. The molecule has 8 heteroatoms. The van der Waals surface area contributed by atoms with Gasteiger partial charge in [0.25, 0.3) is 5.91 Å². The highest BCUT2D eigenvalue weighted by atomic mass is 35.5. The van der Waals surface area contributed by atoms with Crippen LogP contribution in [0.4, 0.5) is 5.13 Å². The number of thiazole rings is 1. The van der Waals surface area contributed by atoms with Gasteiger partial charge in [-0.2, -0.15) is 0 Å². The number of nitrogens with zero attached hydrogens (tertiary/aromatic N) is 1. The van der Waals surface area contributed by atoms with Crippen LogP contribution in [0.2, 0.25) is 5.02 Å². The van der Waals surface area contributed by atoms with E-state index in [1.54, 1.807) is 24.3 Å². The number of amides is 2. The molecule has 1 aromatic heterocycles. The van der Waals surface area contributed by atoms with E-state index < -0.39 is 6.04 Å². The van der Waals surface area contributed by atoms with Crippen molar-refractivity contribution in [3.8, 4) is 0 Å². The van der Waals surface area contributed by atoms with Crippen molar-refractivity contribution in [3.63, 3.8) is 0 Å². The third-order valence-corrected chi connectivity index (χ3v) is 5.46. The molecule has 0 saturated heterocycles. The summed E-state index contributed by atoms with van der Waals surface area (Å²) in [5.74, 6) is -0.815. The molecule has 29 heavy (non-hydrogen) atoms. The van der Waals surface area contributed by atoms with Gasteiger partial charge >= 0.3 is 0 Å². The van der Waals surface area contributed by atoms with E-state index in [2.05, 4.69) is 15.6 Å². The van der Waals surface area contributed by atoms with E-state index in [4.69, 9.17) is 11.6 Å². The lowest BCUT2D eigenvalue weighted by atomic mass is 10.0. The molecular formula is C21H18ClN3O3S. The van der Waals surface area contributed by atoms with E-state index in [-0.39, 0.29) is 24.0 Å². The average Bonchev–Trinajstić information content (AvgIpc) is 3.17. The highest BCUT2D eigenvalue weighted by Crippen LogP contribution is 2.23. The van der Waals surface area contributed by atoms with Crippen molar-refractivity contribution in [1.29, 1.82) is 0 Å². The van der Waals surface area contributed by atoms with Crippen LogP contribution in [0.5, 0.6) is 0 Å². The van der Waals surface area contributed by atoms with Crippen LogP contribution in [0.15, 0.2) is 60.8 Å². The van der Waals surface area contributed by atoms with Gasteiger partial charge in [-0.3, -0.25) is 14.4 Å². The van der Waals surface area contributed by atoms with Gasteiger partial charge in [-0.15, -0.1) is 0 Å². The average molecular weight is 428 g/mol. The van der Waals surface area contributed by atoms with Crippen LogP contribution < -0.4 is 10.6 Å². The molecule has 6 nitrogen and oxygen atoms in total. The van der Waals surface area contributed by atoms with E-state index in [1.807, 2.05) is 30.3 Å². The monoisotopic (exact) mass is 427 g/mol. The summed E-state index contributed by atoms with van der Waals surface area (Å²) in [5, 5.41) is 6.23. The van der Waals surface area contributed by atoms with Crippen molar-refractivity contribution in [2.75, 3.05) is 5.32 Å². The standard InChI is InChI=1S/C21H18ClN3O3S/c1-13(26)18-12-23-21(29-18)25-19(27)11-17(14-7-3-2-4-8-14)24-20(28)15-9-5-6-10-16(15)22/h2-10,12,17H,11H2,1H3,(H,24,28)(H,23,25,27). The van der Waals surface area contributed by atoms with Crippen molar-refractivity contribution >= 4 is 45.7 Å². The molecule has 3 aromatic rings. The normalized spacial score (nSPS) is 11.5. The maximum Gasteiger partial charge on any atom is 0.253 e. The SMILES string of the molecule is CC(=O)c1cnc(NC(=O)CC(NC(=O)c2ccccc2Cl)c2ccccc2)s1. The molecule has 0 aliphatic rings. The lowest BCUT2D eigenvalue weighted by Gasteiger charge is -2.19. The number of carbonyl (C=O) groups is 3. The number of aromatic nitrogens is 1. The molecular weight excluding hydrogens is 410 g/mol. The first kappa shape index (κ1) is 20.7. The van der Waals surface area contributed by atoms with Gasteiger partial charge in [0.15, 0.2) is 10.9 Å². The van der Waals surface area contributed by atoms with E-state index in [0.29, 0.717) is 20.6 Å². The van der Waals surface area contributed by atoms with Gasteiger partial charge in [0, 0.05) is 6.92 Å². The molecule has 3 rings (SSSR count). The number of hydrogen-bond acceptors (Lipinski definition) is 5. The summed E-state index contributed by atoms with van der Waals surface area (Å²) < 4.78 is 0. The first-order valence-corrected chi connectivity index (χ1v) is 10.0. The summed E-state index contributed by atoms with van der Waals surface area (Å²) in [5.41, 5.74) is 1.12. The Morgan fingerprint density at radius 3 is 2.41 bits per heavy atom. The predicted octanol–water partition coefficient (Wildman–Crippen LogP) is 4.50. The van der Waals surface area contributed by atoms with E-state index in [9.17, 15) is 14.4 Å². The number of anilines is 1. The number of nitrogens with one attached hydrogen (secondary N) is 2. The Morgan fingerprint density at radius 1 is 1.07 bits per heavy atom. The van der Waals surface area contributed by atoms with E-state index >= 15 is 0 Å². The lowest BCUT2D eigenvalue weighted by Crippen LogP contribution is -2.31. The number of ketones is 1. The van der Waals surface area contributed by atoms with Crippen LogP contribution >= 0.6 is 22.9 Å². The van der Waals surface area contributed by atoms with Crippen LogP contribution in [0.1, 0.15) is 45.0 Å². The second-order valence-electron chi connectivity index (χ2n) is 6.25. The molecule has 0 fully saturated rings. The van der Waals surface area contributed by atoms with Gasteiger partial charge in [0.1, 0.15) is 0 Å². The molecule has 2 N–H and O–H groups in total. The topological polar surface area (TPSA) is 88.2 Å². The van der Waals surface area contributed by atoms with Crippen molar-refractivity contribution in [1.82, 2.24) is 10.3 Å². The summed E-state index contributed by atoms with van der Waals surface area (Å²) in [6.07, 6.45) is 1.42. The third kappa shape index (κ3) is 5.49. The highest BCUT2D eigenvalue weighted by Gasteiger charge is 2.21. The van der Waals surface area contributed by atoms with Gasteiger partial charge in [0.2, 0.25) is 5.91 Å². The minimum atomic E-state index is -0.563. The summed E-state index contributed by atoms with van der Waals surface area (Å²) in [7, 11) is 0. The molecule has 2 amide bonds. The molecule has 2 aromatic carbocycles. The Labute approximate surface area is 176 Å². The maximum atomic E-state index is 12.7. The smallest absolute Gasteiger partial charge is 0.253 e. The quantitative estimate of drug-likeness (QED) is 0.543. The summed E-state index contributed by atoms with van der Waals surface area (Å²) in [4.78, 5) is 41.1. The van der Waals surface area contributed by atoms with Gasteiger partial charge < -0.3 is 10.6 Å². The molecule has 0 aliphatic heterocycles. The minimum Gasteiger partial charge on any atom is -0.345 e. The fourth-order valence-corrected chi connectivity index (χ4v) is 3.62. The van der Waals surface area contributed by atoms with Crippen molar-refractivity contribution in [3.05, 3.63) is 81.8 Å². The molecule has 0 bridgehead atoms. The zero-order valence-corrected chi connectivity index (χ0v) is 17.1. The second kappa shape index (κ2) is 9.45. The van der Waals surface area contributed by atoms with Crippen molar-refractivity contribution in [2.45, 2.75) is 19.4 Å². The molecule has 1 heterocycles. The van der Waals surface area contributed by atoms with E-state index in [1.165, 1.54) is 13.1 Å². The number of Topliss-reactive ketones (excluding diaryl/α,β-unsaturated/α-hetero) is 1. The number of benzene rings is 2. The molecule has 0 aliphatic carbocycles. The highest BCUT2D eigenvalue weighted by molar-refractivity contribution is 7.17. The number of carbonyl (C=O) groups excluding carboxylic acids is 3. The van der Waals surface area contributed by atoms with Gasteiger partial charge in [0.05, 0.1) is 34.1 Å². The van der Waals surface area contributed by atoms with Crippen LogP contribution in [0.25, 0.3) is 0 Å². The van der Waals surface area contributed by atoms with Crippen LogP contribution in [0.3, 0.4) is 0 Å². The third-order valence-electron chi connectivity index (χ3n) is 4.11. The minimum absolute atomic E-state index is 0.00477. The van der Waals surface area contributed by atoms with Gasteiger partial charge in [-0.1, -0.05) is 65.4 Å². The second-order valence-corrected chi connectivity index (χ2v) is 7.69. The summed E-state index contributed by atoms with van der Waals surface area (Å²) in [6.45, 7) is 1.44. The Kier molecular flexibility index (Phi) is 6.74. The van der Waals surface area contributed by atoms with Crippen molar-refractivity contribution < 1.29 is 14.4 Å². The Bertz CT molecular complexity index is 1040. The Hall–Kier alpha value is -3.03. The largest absolute Gasteiger partial charge is 0.345 e. The number of rotatable bonds is 7. The molecule has 0 spiro atoms. The van der Waals surface area contributed by atoms with Crippen LogP contribution in [-0.4, -0.2) is 22.6 Å². The fraction of sp³-hybridized carbons (Fsp3) is 0.143. The Morgan fingerprint density at radius 2 is 1.76 bits per heavy atom. The van der Waals surface area contributed by atoms with Crippen LogP contribution in [0, 0.1) is 0 Å². The van der Waals surface area contributed by atoms with Gasteiger partial charge in [-0.05, 0) is 17.7 Å². The lowest BCUT2D eigenvalue weighted by molar-refractivity contribution is -0.116. The first-order chi connectivity index (χ1) is 13.9. The maximum absolute atomic E-state index is 12.7. The van der Waals surface area contributed by atoms with Crippen molar-refractivity contribution in [2.24, 2.45) is 0 Å². The predicted molar refractivity (Wildman–Crippen MR) is 113 cm³/mol. The molecule has 148 valence electrons.